The highest BCUT2D eigenvalue weighted by molar-refractivity contribution is 7.18. The molecule has 6 heteroatoms. The van der Waals surface area contributed by atoms with Crippen molar-refractivity contribution in [2.75, 3.05) is 32.7 Å². The summed E-state index contributed by atoms with van der Waals surface area (Å²) in [6.07, 6.45) is 0. The molecule has 1 aromatic heterocycles. The minimum atomic E-state index is -0.748. The highest BCUT2D eigenvalue weighted by Gasteiger charge is 2.24. The number of nitrogens with zero attached hydrogens (tertiary/aromatic N) is 3. The van der Waals surface area contributed by atoms with E-state index in [1.165, 1.54) is 4.70 Å². The Morgan fingerprint density at radius 3 is 2.71 bits per heavy atom. The molecule has 3 rings (SSSR count). The predicted octanol–water partition coefficient (Wildman–Crippen LogP) is 2.06. The number of benzene rings is 1. The van der Waals surface area contributed by atoms with E-state index in [1.807, 2.05) is 23.1 Å². The Morgan fingerprint density at radius 2 is 2.05 bits per heavy atom. The molecule has 2 aromatic rings. The number of rotatable bonds is 4. The molecule has 1 atom stereocenters. The number of carbonyl (C=O) groups is 1. The molecule has 21 heavy (non-hydrogen) atoms. The van der Waals surface area contributed by atoms with Crippen molar-refractivity contribution in [1.82, 2.24) is 14.8 Å². The summed E-state index contributed by atoms with van der Waals surface area (Å²) >= 11 is 1.75. The molecule has 0 saturated carbocycles. The van der Waals surface area contributed by atoms with E-state index >= 15 is 0 Å². The number of aliphatic carboxylic acids is 1. The minimum absolute atomic E-state index is 0.142. The average Bonchev–Trinajstić information content (AvgIpc) is 2.90. The van der Waals surface area contributed by atoms with Gasteiger partial charge in [0.1, 0.15) is 5.01 Å². The first kappa shape index (κ1) is 14.4. The third kappa shape index (κ3) is 3.23. The molecule has 1 aliphatic heterocycles. The van der Waals surface area contributed by atoms with Crippen LogP contribution in [0.3, 0.4) is 0 Å². The van der Waals surface area contributed by atoms with Crippen LogP contribution in [0.25, 0.3) is 10.2 Å². The van der Waals surface area contributed by atoms with Crippen LogP contribution >= 0.6 is 11.3 Å². The second-order valence-electron chi connectivity index (χ2n) is 5.40. The molecule has 0 amide bonds. The van der Waals surface area contributed by atoms with Crippen molar-refractivity contribution in [3.8, 4) is 0 Å². The molecule has 1 aliphatic rings. The molecule has 0 spiro atoms. The maximum Gasteiger partial charge on any atom is 0.317 e. The van der Waals surface area contributed by atoms with Crippen LogP contribution in [0.2, 0.25) is 0 Å². The Morgan fingerprint density at radius 1 is 1.33 bits per heavy atom. The summed E-state index contributed by atoms with van der Waals surface area (Å²) in [6.45, 7) is 5.73. The van der Waals surface area contributed by atoms with E-state index in [0.29, 0.717) is 0 Å². The monoisotopic (exact) mass is 305 g/mol. The van der Waals surface area contributed by atoms with Gasteiger partial charge in [0, 0.05) is 26.2 Å². The van der Waals surface area contributed by atoms with E-state index in [9.17, 15) is 4.79 Å². The number of fused-ring (bicyclic) bond motifs is 1. The Bertz CT molecular complexity index is 602. The molecular weight excluding hydrogens is 286 g/mol. The lowest BCUT2D eigenvalue weighted by molar-refractivity contribution is -0.138. The Labute approximate surface area is 127 Å². The molecule has 2 heterocycles. The fourth-order valence-electron chi connectivity index (χ4n) is 2.72. The lowest BCUT2D eigenvalue weighted by Crippen LogP contribution is -2.48. The summed E-state index contributed by atoms with van der Waals surface area (Å²) in [7, 11) is 0. The summed E-state index contributed by atoms with van der Waals surface area (Å²) in [4.78, 5) is 19.8. The van der Waals surface area contributed by atoms with Gasteiger partial charge in [-0.1, -0.05) is 12.1 Å². The van der Waals surface area contributed by atoms with Gasteiger partial charge in [-0.25, -0.2) is 4.98 Å². The van der Waals surface area contributed by atoms with E-state index in [4.69, 9.17) is 10.1 Å². The summed E-state index contributed by atoms with van der Waals surface area (Å²) < 4.78 is 1.23. The maximum atomic E-state index is 10.7. The van der Waals surface area contributed by atoms with Crippen molar-refractivity contribution in [2.24, 2.45) is 0 Å². The average molecular weight is 305 g/mol. The van der Waals surface area contributed by atoms with E-state index in [-0.39, 0.29) is 12.6 Å². The molecule has 1 saturated heterocycles. The summed E-state index contributed by atoms with van der Waals surface area (Å²) in [5.41, 5.74) is 1.06. The van der Waals surface area contributed by atoms with E-state index in [1.54, 1.807) is 11.3 Å². The first-order chi connectivity index (χ1) is 10.1. The second kappa shape index (κ2) is 6.09. The van der Waals surface area contributed by atoms with Crippen molar-refractivity contribution in [3.63, 3.8) is 0 Å². The van der Waals surface area contributed by atoms with Crippen molar-refractivity contribution in [2.45, 2.75) is 13.0 Å². The number of para-hydroxylation sites is 1. The number of hydrogen-bond donors (Lipinski definition) is 1. The minimum Gasteiger partial charge on any atom is -0.480 e. The molecule has 0 aliphatic carbocycles. The Hall–Kier alpha value is -1.50. The maximum absolute atomic E-state index is 10.7. The van der Waals surface area contributed by atoms with Crippen LogP contribution in [-0.2, 0) is 4.79 Å². The molecule has 1 N–H and O–H groups in total. The number of carboxylic acids is 1. The van der Waals surface area contributed by atoms with E-state index < -0.39 is 5.97 Å². The van der Waals surface area contributed by atoms with E-state index in [2.05, 4.69) is 17.9 Å². The zero-order valence-corrected chi connectivity index (χ0v) is 12.8. The Kier molecular flexibility index (Phi) is 4.19. The Balaban J connectivity index is 1.66. The van der Waals surface area contributed by atoms with Crippen LogP contribution in [-0.4, -0.2) is 58.6 Å². The number of aromatic nitrogens is 1. The molecule has 5 nitrogen and oxygen atoms in total. The molecule has 0 radical (unpaired) electrons. The first-order valence-corrected chi connectivity index (χ1v) is 7.99. The van der Waals surface area contributed by atoms with Gasteiger partial charge in [-0.05, 0) is 19.1 Å². The highest BCUT2D eigenvalue weighted by Crippen LogP contribution is 2.29. The summed E-state index contributed by atoms with van der Waals surface area (Å²) in [5, 5.41) is 9.98. The van der Waals surface area contributed by atoms with Crippen LogP contribution in [0.15, 0.2) is 24.3 Å². The first-order valence-electron chi connectivity index (χ1n) is 7.17. The van der Waals surface area contributed by atoms with Crippen molar-refractivity contribution in [3.05, 3.63) is 29.3 Å². The van der Waals surface area contributed by atoms with Gasteiger partial charge in [0.15, 0.2) is 0 Å². The molecule has 0 bridgehead atoms. The number of thiazole rings is 1. The summed E-state index contributed by atoms with van der Waals surface area (Å²) in [6, 6.07) is 8.50. The van der Waals surface area contributed by atoms with Crippen molar-refractivity contribution >= 4 is 27.5 Å². The highest BCUT2D eigenvalue weighted by atomic mass is 32.1. The van der Waals surface area contributed by atoms with Gasteiger partial charge >= 0.3 is 5.97 Å². The quantitative estimate of drug-likeness (QED) is 0.937. The fraction of sp³-hybridized carbons (Fsp3) is 0.467. The second-order valence-corrected chi connectivity index (χ2v) is 6.46. The van der Waals surface area contributed by atoms with Crippen LogP contribution in [0.4, 0.5) is 0 Å². The molecule has 1 unspecified atom stereocenters. The van der Waals surface area contributed by atoms with Gasteiger partial charge in [-0.15, -0.1) is 11.3 Å². The van der Waals surface area contributed by atoms with E-state index in [0.717, 1.165) is 36.7 Å². The lowest BCUT2D eigenvalue weighted by atomic mass is 10.2. The van der Waals surface area contributed by atoms with Crippen LogP contribution in [0.1, 0.15) is 18.0 Å². The SMILES string of the molecule is CC(c1nc2ccccc2s1)N1CCN(CC(=O)O)CC1. The van der Waals surface area contributed by atoms with Gasteiger partial charge in [0.2, 0.25) is 0 Å². The number of carboxylic acid groups (broad SMARTS) is 1. The zero-order chi connectivity index (χ0) is 14.8. The largest absolute Gasteiger partial charge is 0.480 e. The number of hydrogen-bond acceptors (Lipinski definition) is 5. The van der Waals surface area contributed by atoms with Gasteiger partial charge < -0.3 is 5.11 Å². The predicted molar refractivity (Wildman–Crippen MR) is 83.7 cm³/mol. The topological polar surface area (TPSA) is 56.7 Å². The number of piperazine rings is 1. The van der Waals surface area contributed by atoms with Crippen LogP contribution in [0.5, 0.6) is 0 Å². The molecule has 1 fully saturated rings. The van der Waals surface area contributed by atoms with Crippen LogP contribution in [0, 0.1) is 0 Å². The van der Waals surface area contributed by atoms with Gasteiger partial charge in [0.05, 0.1) is 22.8 Å². The standard InChI is InChI=1S/C15H19N3O2S/c1-11(15-16-12-4-2-3-5-13(12)21-15)18-8-6-17(7-9-18)10-14(19)20/h2-5,11H,6-10H2,1H3,(H,19,20). The van der Waals surface area contributed by atoms with Crippen molar-refractivity contribution in [1.29, 1.82) is 0 Å². The zero-order valence-electron chi connectivity index (χ0n) is 12.0. The third-order valence-electron chi connectivity index (χ3n) is 3.98. The summed E-state index contributed by atoms with van der Waals surface area (Å²) in [5.74, 6) is -0.748. The third-order valence-corrected chi connectivity index (χ3v) is 5.19. The van der Waals surface area contributed by atoms with Gasteiger partial charge in [0.25, 0.3) is 0 Å². The lowest BCUT2D eigenvalue weighted by Gasteiger charge is -2.36. The molecule has 1 aromatic carbocycles. The van der Waals surface area contributed by atoms with Gasteiger partial charge in [-0.3, -0.25) is 14.6 Å². The molecule has 112 valence electrons. The van der Waals surface area contributed by atoms with Crippen LogP contribution < -0.4 is 0 Å². The normalized spacial score (nSPS) is 18.9. The van der Waals surface area contributed by atoms with Crippen molar-refractivity contribution < 1.29 is 9.90 Å². The molecular formula is C15H19N3O2S. The fourth-order valence-corrected chi connectivity index (χ4v) is 3.78. The van der Waals surface area contributed by atoms with Gasteiger partial charge in [-0.2, -0.15) is 0 Å². The smallest absolute Gasteiger partial charge is 0.317 e.